The Bertz CT molecular complexity index is 665. The number of amides is 1. The Morgan fingerprint density at radius 3 is 2.31 bits per heavy atom. The van der Waals surface area contributed by atoms with Gasteiger partial charge in [-0.3, -0.25) is 0 Å². The van der Waals surface area contributed by atoms with Gasteiger partial charge < -0.3 is 19.4 Å². The van der Waals surface area contributed by atoms with E-state index >= 15 is 0 Å². The molecule has 1 aliphatic rings. The minimum absolute atomic E-state index is 0.0253. The standard InChI is InChI=1S/C23H40N2O3Si/c1-22(2,3)27-21(26)25-15-14-20(28-29(7,8)23(4,5)6)19(25)17-24-16-18-12-10-9-11-13-18/h9-13,19-20,24H,14-17H2,1-8H3/t19-,20-/m1/s1. The predicted molar refractivity (Wildman–Crippen MR) is 122 cm³/mol. The highest BCUT2D eigenvalue weighted by Crippen LogP contribution is 2.39. The number of hydrogen-bond donors (Lipinski definition) is 1. The molecule has 29 heavy (non-hydrogen) atoms. The van der Waals surface area contributed by atoms with E-state index in [0.717, 1.165) is 13.0 Å². The van der Waals surface area contributed by atoms with Crippen LogP contribution in [0.1, 0.15) is 53.5 Å². The molecule has 1 saturated heterocycles. The van der Waals surface area contributed by atoms with Crippen molar-refractivity contribution in [3.05, 3.63) is 35.9 Å². The fraction of sp³-hybridized carbons (Fsp3) is 0.696. The van der Waals surface area contributed by atoms with Gasteiger partial charge in [0.2, 0.25) is 0 Å². The lowest BCUT2D eigenvalue weighted by Crippen LogP contribution is -2.52. The van der Waals surface area contributed by atoms with Crippen molar-refractivity contribution in [3.63, 3.8) is 0 Å². The number of likely N-dealkylation sites (tertiary alicyclic amines) is 1. The van der Waals surface area contributed by atoms with Crippen molar-refractivity contribution in [2.75, 3.05) is 13.1 Å². The van der Waals surface area contributed by atoms with E-state index in [1.54, 1.807) is 0 Å². The second kappa shape index (κ2) is 9.19. The van der Waals surface area contributed by atoms with Crippen molar-refractivity contribution in [1.82, 2.24) is 10.2 Å². The van der Waals surface area contributed by atoms with Gasteiger partial charge in [-0.05, 0) is 50.9 Å². The van der Waals surface area contributed by atoms with Crippen LogP contribution in [0, 0.1) is 0 Å². The van der Waals surface area contributed by atoms with Crippen molar-refractivity contribution >= 4 is 14.4 Å². The van der Waals surface area contributed by atoms with Gasteiger partial charge in [-0.1, -0.05) is 51.1 Å². The van der Waals surface area contributed by atoms with Crippen LogP contribution in [0.2, 0.25) is 18.1 Å². The van der Waals surface area contributed by atoms with Gasteiger partial charge in [0.15, 0.2) is 8.32 Å². The summed E-state index contributed by atoms with van der Waals surface area (Å²) in [6.45, 7) is 19.2. The number of carbonyl (C=O) groups is 1. The summed E-state index contributed by atoms with van der Waals surface area (Å²) in [7, 11) is -1.93. The van der Waals surface area contributed by atoms with Gasteiger partial charge in [-0.2, -0.15) is 0 Å². The van der Waals surface area contributed by atoms with Crippen molar-refractivity contribution in [2.24, 2.45) is 0 Å². The first kappa shape index (κ1) is 23.9. The van der Waals surface area contributed by atoms with Gasteiger partial charge >= 0.3 is 6.09 Å². The molecule has 5 nitrogen and oxygen atoms in total. The minimum atomic E-state index is -1.93. The van der Waals surface area contributed by atoms with E-state index in [9.17, 15) is 4.79 Å². The van der Waals surface area contributed by atoms with Gasteiger partial charge in [0, 0.05) is 19.6 Å². The van der Waals surface area contributed by atoms with Gasteiger partial charge in [0.1, 0.15) is 5.60 Å². The zero-order valence-corrected chi connectivity index (χ0v) is 20.5. The van der Waals surface area contributed by atoms with Crippen LogP contribution in [0.4, 0.5) is 4.79 Å². The summed E-state index contributed by atoms with van der Waals surface area (Å²) in [5.74, 6) is 0. The maximum Gasteiger partial charge on any atom is 0.410 e. The molecule has 0 aliphatic carbocycles. The third-order valence-electron chi connectivity index (χ3n) is 5.89. The Morgan fingerprint density at radius 1 is 1.14 bits per heavy atom. The third kappa shape index (κ3) is 6.83. The highest BCUT2D eigenvalue weighted by molar-refractivity contribution is 6.74. The number of nitrogens with one attached hydrogen (secondary N) is 1. The lowest BCUT2D eigenvalue weighted by Gasteiger charge is -2.40. The highest BCUT2D eigenvalue weighted by Gasteiger charge is 2.45. The maximum absolute atomic E-state index is 12.8. The first-order valence-electron chi connectivity index (χ1n) is 10.7. The van der Waals surface area contributed by atoms with Crippen molar-refractivity contribution in [3.8, 4) is 0 Å². The van der Waals surface area contributed by atoms with E-state index < -0.39 is 13.9 Å². The SMILES string of the molecule is CC(C)(C)OC(=O)N1CC[C@@H](O[Si](C)(C)C(C)(C)C)[C@H]1CNCc1ccccc1. The van der Waals surface area contributed by atoms with E-state index in [1.165, 1.54) is 5.56 Å². The molecule has 2 atom stereocenters. The van der Waals surface area contributed by atoms with Gasteiger partial charge in [-0.25, -0.2) is 4.79 Å². The zero-order chi connectivity index (χ0) is 21.9. The number of rotatable bonds is 6. The van der Waals surface area contributed by atoms with Crippen LogP contribution in [0.15, 0.2) is 30.3 Å². The van der Waals surface area contributed by atoms with E-state index in [4.69, 9.17) is 9.16 Å². The zero-order valence-electron chi connectivity index (χ0n) is 19.5. The largest absolute Gasteiger partial charge is 0.444 e. The molecule has 0 unspecified atom stereocenters. The highest BCUT2D eigenvalue weighted by atomic mass is 28.4. The molecule has 2 rings (SSSR count). The van der Waals surface area contributed by atoms with E-state index in [0.29, 0.717) is 13.1 Å². The summed E-state index contributed by atoms with van der Waals surface area (Å²) < 4.78 is 12.4. The summed E-state index contributed by atoms with van der Waals surface area (Å²) in [5, 5.41) is 3.67. The second-order valence-electron chi connectivity index (χ2n) is 10.6. The monoisotopic (exact) mass is 420 g/mol. The lowest BCUT2D eigenvalue weighted by atomic mass is 10.1. The van der Waals surface area contributed by atoms with Gasteiger partial charge in [0.05, 0.1) is 12.1 Å². The molecule has 1 heterocycles. The smallest absolute Gasteiger partial charge is 0.410 e. The summed E-state index contributed by atoms with van der Waals surface area (Å²) in [5.41, 5.74) is 0.730. The lowest BCUT2D eigenvalue weighted by molar-refractivity contribution is 0.0164. The van der Waals surface area contributed by atoms with Gasteiger partial charge in [-0.15, -0.1) is 0 Å². The van der Waals surface area contributed by atoms with Crippen LogP contribution in [0.5, 0.6) is 0 Å². The Morgan fingerprint density at radius 2 is 1.76 bits per heavy atom. The maximum atomic E-state index is 12.8. The average Bonchev–Trinajstić information content (AvgIpc) is 2.95. The quantitative estimate of drug-likeness (QED) is 0.645. The van der Waals surface area contributed by atoms with E-state index in [1.807, 2.05) is 43.9 Å². The van der Waals surface area contributed by atoms with Crippen LogP contribution >= 0.6 is 0 Å². The molecule has 0 spiro atoms. The first-order chi connectivity index (χ1) is 13.3. The van der Waals surface area contributed by atoms with Crippen LogP contribution < -0.4 is 5.32 Å². The first-order valence-corrected chi connectivity index (χ1v) is 13.6. The van der Waals surface area contributed by atoms with E-state index in [-0.39, 0.29) is 23.3 Å². The molecule has 1 amide bonds. The molecular formula is C23H40N2O3Si. The molecule has 0 aromatic heterocycles. The summed E-state index contributed by atoms with van der Waals surface area (Å²) in [6, 6.07) is 10.3. The Hall–Kier alpha value is -1.37. The number of nitrogens with zero attached hydrogens (tertiary/aromatic N) is 1. The molecule has 1 aliphatic heterocycles. The molecule has 1 aromatic carbocycles. The van der Waals surface area contributed by atoms with Crippen molar-refractivity contribution in [2.45, 2.75) is 90.4 Å². The van der Waals surface area contributed by atoms with E-state index in [2.05, 4.69) is 51.3 Å². The molecule has 1 N–H and O–H groups in total. The Kier molecular flexibility index (Phi) is 7.57. The second-order valence-corrected chi connectivity index (χ2v) is 15.3. The molecule has 164 valence electrons. The summed E-state index contributed by atoms with van der Waals surface area (Å²) in [4.78, 5) is 14.7. The molecule has 0 bridgehead atoms. The fourth-order valence-electron chi connectivity index (χ4n) is 3.27. The fourth-order valence-corrected chi connectivity index (χ4v) is 4.65. The summed E-state index contributed by atoms with van der Waals surface area (Å²) >= 11 is 0. The molecular weight excluding hydrogens is 380 g/mol. The number of carbonyl (C=O) groups excluding carboxylic acids is 1. The van der Waals surface area contributed by atoms with Crippen LogP contribution in [-0.2, 0) is 15.7 Å². The molecule has 6 heteroatoms. The van der Waals surface area contributed by atoms with Crippen LogP contribution in [0.25, 0.3) is 0 Å². The topological polar surface area (TPSA) is 50.8 Å². The Labute approximate surface area is 178 Å². The molecule has 0 saturated carbocycles. The van der Waals surface area contributed by atoms with Crippen LogP contribution in [0.3, 0.4) is 0 Å². The third-order valence-corrected chi connectivity index (χ3v) is 10.4. The van der Waals surface area contributed by atoms with Crippen molar-refractivity contribution in [1.29, 1.82) is 0 Å². The molecule has 0 radical (unpaired) electrons. The van der Waals surface area contributed by atoms with Crippen LogP contribution in [-0.4, -0.2) is 50.1 Å². The number of ether oxygens (including phenoxy) is 1. The predicted octanol–water partition coefficient (Wildman–Crippen LogP) is 5.18. The number of benzene rings is 1. The molecule has 1 fully saturated rings. The number of hydrogen-bond acceptors (Lipinski definition) is 4. The molecule has 1 aromatic rings. The summed E-state index contributed by atoms with van der Waals surface area (Å²) in [6.07, 6.45) is 0.640. The normalized spacial score (nSPS) is 20.8. The minimum Gasteiger partial charge on any atom is -0.444 e. The van der Waals surface area contributed by atoms with Gasteiger partial charge in [0.25, 0.3) is 0 Å². The van der Waals surface area contributed by atoms with Crippen molar-refractivity contribution < 1.29 is 14.0 Å². The average molecular weight is 421 g/mol. The Balaban J connectivity index is 2.11.